The summed E-state index contributed by atoms with van der Waals surface area (Å²) in [5.74, 6) is -1.72. The second-order valence-electron chi connectivity index (χ2n) is 8.20. The molecule has 0 unspecified atom stereocenters. The summed E-state index contributed by atoms with van der Waals surface area (Å²) in [7, 11) is 2.31. The molecule has 2 N–H and O–H groups in total. The molecule has 1 amide bonds. The molecule has 4 rings (SSSR count). The van der Waals surface area contributed by atoms with E-state index in [9.17, 15) is 35.9 Å². The number of nitrogens with two attached hydrogens (primary N) is 1. The molecular weight excluding hydrogens is 514 g/mol. The summed E-state index contributed by atoms with van der Waals surface area (Å²) in [5.41, 5.74) is 1.83. The highest BCUT2D eigenvalue weighted by atomic mass is 32.2. The lowest BCUT2D eigenvalue weighted by atomic mass is 10.2. The minimum atomic E-state index is -4.84. The van der Waals surface area contributed by atoms with E-state index >= 15 is 0 Å². The van der Waals surface area contributed by atoms with Gasteiger partial charge in [0.1, 0.15) is 17.1 Å². The first-order chi connectivity index (χ1) is 16.7. The zero-order valence-corrected chi connectivity index (χ0v) is 20.0. The van der Waals surface area contributed by atoms with Gasteiger partial charge in [0.25, 0.3) is 11.5 Å². The number of carbonyl (C=O) groups excluding carboxylic acids is 1. The number of amides is 1. The van der Waals surface area contributed by atoms with E-state index in [0.29, 0.717) is 29.2 Å². The SMILES string of the molecule is CCSc1cc2c(nc1C(=O)N(C)c1c(N)cc(C(F)(F)F)n(C3CC3)c1=O)nc(C(F)(F)F)n2C. The molecule has 0 atom stereocenters. The van der Waals surface area contributed by atoms with Crippen molar-refractivity contribution in [2.75, 3.05) is 23.4 Å². The Morgan fingerprint density at radius 3 is 2.33 bits per heavy atom. The number of nitrogen functional groups attached to an aromatic ring is 1. The van der Waals surface area contributed by atoms with Crippen LogP contribution in [-0.2, 0) is 19.4 Å². The number of thioether (sulfide) groups is 1. The van der Waals surface area contributed by atoms with E-state index in [2.05, 4.69) is 9.97 Å². The third-order valence-electron chi connectivity index (χ3n) is 5.68. The summed E-state index contributed by atoms with van der Waals surface area (Å²) in [6.45, 7) is 1.75. The van der Waals surface area contributed by atoms with Crippen LogP contribution in [-0.4, -0.2) is 37.8 Å². The molecule has 1 saturated carbocycles. The summed E-state index contributed by atoms with van der Waals surface area (Å²) in [6, 6.07) is 1.26. The van der Waals surface area contributed by atoms with Gasteiger partial charge < -0.3 is 15.2 Å². The maximum Gasteiger partial charge on any atom is 0.449 e. The Balaban J connectivity index is 1.86. The number of anilines is 2. The predicted molar refractivity (Wildman–Crippen MR) is 121 cm³/mol. The van der Waals surface area contributed by atoms with Crippen molar-refractivity contribution in [2.45, 2.75) is 43.1 Å². The number of imidazole rings is 1. The Hall–Kier alpha value is -3.23. The Morgan fingerprint density at radius 2 is 1.81 bits per heavy atom. The van der Waals surface area contributed by atoms with E-state index in [-0.39, 0.29) is 21.8 Å². The van der Waals surface area contributed by atoms with Crippen LogP contribution in [0.25, 0.3) is 11.2 Å². The molecular formula is C21H20F6N6O2S. The fourth-order valence-electron chi connectivity index (χ4n) is 3.91. The van der Waals surface area contributed by atoms with Crippen LogP contribution in [0.2, 0.25) is 0 Å². The van der Waals surface area contributed by atoms with Gasteiger partial charge >= 0.3 is 12.4 Å². The summed E-state index contributed by atoms with van der Waals surface area (Å²) in [6.07, 6.45) is -8.89. The monoisotopic (exact) mass is 534 g/mol. The second kappa shape index (κ2) is 8.71. The topological polar surface area (TPSA) is 99.0 Å². The molecule has 0 bridgehead atoms. The predicted octanol–water partition coefficient (Wildman–Crippen LogP) is 4.47. The number of halogens is 6. The average molecular weight is 534 g/mol. The fraction of sp³-hybridized carbons (Fsp3) is 0.429. The van der Waals surface area contributed by atoms with Crippen molar-refractivity contribution in [3.05, 3.63) is 39.7 Å². The highest BCUT2D eigenvalue weighted by molar-refractivity contribution is 7.99. The van der Waals surface area contributed by atoms with Crippen molar-refractivity contribution in [3.8, 4) is 0 Å². The van der Waals surface area contributed by atoms with Crippen molar-refractivity contribution in [1.82, 2.24) is 19.1 Å². The lowest BCUT2D eigenvalue weighted by Gasteiger charge is -2.23. The number of hydrogen-bond acceptors (Lipinski definition) is 6. The van der Waals surface area contributed by atoms with Crippen molar-refractivity contribution in [3.63, 3.8) is 0 Å². The summed E-state index contributed by atoms with van der Waals surface area (Å²) in [5, 5.41) is 0. The summed E-state index contributed by atoms with van der Waals surface area (Å²) >= 11 is 1.12. The molecule has 36 heavy (non-hydrogen) atoms. The summed E-state index contributed by atoms with van der Waals surface area (Å²) in [4.78, 5) is 35.1. The molecule has 8 nitrogen and oxygen atoms in total. The molecule has 0 radical (unpaired) electrons. The highest BCUT2D eigenvalue weighted by Crippen LogP contribution is 2.41. The quantitative estimate of drug-likeness (QED) is 0.383. The standard InChI is InChI=1S/C21H20F6N6O2S/c1-4-36-12-8-11-16(30-19(31(11)2)21(25,26)27)29-14(12)17(34)32(3)15-10(28)7-13(20(22,23)24)33(18(15)35)9-5-6-9/h7-9H,4-6,28H2,1-3H3. The Kier molecular flexibility index (Phi) is 6.25. The van der Waals surface area contributed by atoms with Crippen LogP contribution in [0.3, 0.4) is 0 Å². The Labute approximate surface area is 204 Å². The van der Waals surface area contributed by atoms with Crippen LogP contribution >= 0.6 is 11.8 Å². The Bertz CT molecular complexity index is 1420. The number of fused-ring (bicyclic) bond motifs is 1. The molecule has 1 aliphatic rings. The number of hydrogen-bond donors (Lipinski definition) is 1. The normalized spacial score (nSPS) is 14.5. The van der Waals surface area contributed by atoms with Crippen LogP contribution in [0.4, 0.5) is 37.7 Å². The van der Waals surface area contributed by atoms with Crippen molar-refractivity contribution < 1.29 is 31.1 Å². The molecule has 3 aromatic rings. The number of alkyl halides is 6. The fourth-order valence-corrected chi connectivity index (χ4v) is 4.69. The van der Waals surface area contributed by atoms with Gasteiger partial charge in [0.2, 0.25) is 5.82 Å². The van der Waals surface area contributed by atoms with Gasteiger partial charge in [0.05, 0.1) is 11.2 Å². The van der Waals surface area contributed by atoms with Crippen molar-refractivity contribution >= 4 is 40.2 Å². The maximum atomic E-state index is 13.6. The molecule has 0 saturated heterocycles. The van der Waals surface area contributed by atoms with Crippen molar-refractivity contribution in [1.29, 1.82) is 0 Å². The number of nitrogens with zero attached hydrogens (tertiary/aromatic N) is 5. The highest BCUT2D eigenvalue weighted by Gasteiger charge is 2.41. The molecule has 15 heteroatoms. The summed E-state index contributed by atoms with van der Waals surface area (Å²) < 4.78 is 82.1. The number of carbonyl (C=O) groups is 1. The minimum Gasteiger partial charge on any atom is -0.397 e. The van der Waals surface area contributed by atoms with Crippen molar-refractivity contribution in [2.24, 2.45) is 7.05 Å². The number of rotatable bonds is 5. The van der Waals surface area contributed by atoms with Crippen LogP contribution in [0.5, 0.6) is 0 Å². The van der Waals surface area contributed by atoms with Gasteiger partial charge in [0, 0.05) is 25.0 Å². The van der Waals surface area contributed by atoms with E-state index in [1.54, 1.807) is 6.92 Å². The molecule has 194 valence electrons. The average Bonchev–Trinajstić information content (AvgIpc) is 3.54. The van der Waals surface area contributed by atoms with Gasteiger partial charge in [-0.1, -0.05) is 6.92 Å². The largest absolute Gasteiger partial charge is 0.449 e. The number of aromatic nitrogens is 4. The van der Waals surface area contributed by atoms with Gasteiger partial charge in [-0.2, -0.15) is 26.3 Å². The molecule has 3 aromatic heterocycles. The van der Waals surface area contributed by atoms with Gasteiger partial charge in [0.15, 0.2) is 5.65 Å². The third-order valence-corrected chi connectivity index (χ3v) is 6.59. The minimum absolute atomic E-state index is 0.0302. The van der Waals surface area contributed by atoms with Crippen LogP contribution in [0.1, 0.15) is 47.8 Å². The lowest BCUT2D eigenvalue weighted by molar-refractivity contribution is -0.146. The molecule has 0 aromatic carbocycles. The van der Waals surface area contributed by atoms with Gasteiger partial charge in [-0.25, -0.2) is 9.97 Å². The molecule has 0 aliphatic heterocycles. The Morgan fingerprint density at radius 1 is 1.17 bits per heavy atom. The maximum absolute atomic E-state index is 13.6. The second-order valence-corrected chi connectivity index (χ2v) is 9.51. The van der Waals surface area contributed by atoms with Crippen LogP contribution in [0.15, 0.2) is 21.8 Å². The smallest absolute Gasteiger partial charge is 0.397 e. The van der Waals surface area contributed by atoms with E-state index in [1.165, 1.54) is 6.07 Å². The molecule has 1 aliphatic carbocycles. The van der Waals surface area contributed by atoms with Crippen LogP contribution < -0.4 is 16.2 Å². The molecule has 0 spiro atoms. The van der Waals surface area contributed by atoms with Crippen LogP contribution in [0, 0.1) is 0 Å². The zero-order valence-electron chi connectivity index (χ0n) is 19.2. The first kappa shape index (κ1) is 25.9. The van der Waals surface area contributed by atoms with E-state index < -0.39 is 52.8 Å². The van der Waals surface area contributed by atoms with Gasteiger partial charge in [-0.15, -0.1) is 11.8 Å². The van der Waals surface area contributed by atoms with E-state index in [1.807, 2.05) is 0 Å². The number of aryl methyl sites for hydroxylation is 1. The van der Waals surface area contributed by atoms with E-state index in [4.69, 9.17) is 5.73 Å². The third kappa shape index (κ3) is 4.40. The van der Waals surface area contributed by atoms with Gasteiger partial charge in [-0.3, -0.25) is 14.2 Å². The molecule has 3 heterocycles. The number of pyridine rings is 2. The molecule has 1 fully saturated rings. The zero-order chi connectivity index (χ0) is 26.7. The first-order valence-corrected chi connectivity index (χ1v) is 11.6. The van der Waals surface area contributed by atoms with Gasteiger partial charge in [-0.05, 0) is 30.7 Å². The lowest BCUT2D eigenvalue weighted by Crippen LogP contribution is -2.37. The first-order valence-electron chi connectivity index (χ1n) is 10.6. The van der Waals surface area contributed by atoms with E-state index in [0.717, 1.165) is 35.3 Å².